The van der Waals surface area contributed by atoms with Gasteiger partial charge in [-0.1, -0.05) is 12.1 Å². The first-order valence-electron chi connectivity index (χ1n) is 9.88. The Morgan fingerprint density at radius 1 is 1.13 bits per heavy atom. The van der Waals surface area contributed by atoms with E-state index in [0.29, 0.717) is 29.8 Å². The predicted octanol–water partition coefficient (Wildman–Crippen LogP) is 4.21. The third-order valence-corrected chi connectivity index (χ3v) is 6.25. The summed E-state index contributed by atoms with van der Waals surface area (Å²) in [7, 11) is 0. The second kappa shape index (κ2) is 8.02. The van der Waals surface area contributed by atoms with E-state index < -0.39 is 0 Å². The Kier molecular flexibility index (Phi) is 5.08. The van der Waals surface area contributed by atoms with Gasteiger partial charge in [-0.15, -0.1) is 22.0 Å². The zero-order chi connectivity index (χ0) is 20.5. The Morgan fingerprint density at radius 3 is 2.90 bits per heavy atom. The van der Waals surface area contributed by atoms with E-state index in [1.54, 1.807) is 11.8 Å². The molecule has 1 saturated heterocycles. The molecule has 2 aromatic carbocycles. The molecule has 3 aromatic rings. The van der Waals surface area contributed by atoms with E-state index in [1.165, 1.54) is 0 Å². The number of aromatic nitrogens is 2. The molecule has 2 aliphatic rings. The minimum atomic E-state index is 0.0272. The van der Waals surface area contributed by atoms with Crippen LogP contribution in [0.2, 0.25) is 0 Å². The third kappa shape index (κ3) is 3.52. The molecule has 1 unspecified atom stereocenters. The molecule has 2 aliphatic heterocycles. The van der Waals surface area contributed by atoms with Gasteiger partial charge in [-0.25, -0.2) is 0 Å². The van der Waals surface area contributed by atoms with Crippen molar-refractivity contribution in [2.45, 2.75) is 23.7 Å². The topological polar surface area (TPSA) is 77.7 Å². The van der Waals surface area contributed by atoms with Crippen molar-refractivity contribution < 1.29 is 18.7 Å². The number of benzene rings is 2. The Hall–Kier alpha value is -3.00. The smallest absolute Gasteiger partial charge is 0.255 e. The fourth-order valence-corrected chi connectivity index (χ4v) is 4.49. The van der Waals surface area contributed by atoms with E-state index >= 15 is 0 Å². The van der Waals surface area contributed by atoms with Crippen molar-refractivity contribution in [1.29, 1.82) is 0 Å². The lowest BCUT2D eigenvalue weighted by molar-refractivity contribution is 0.0695. The fourth-order valence-electron chi connectivity index (χ4n) is 3.90. The van der Waals surface area contributed by atoms with Crippen molar-refractivity contribution in [3.8, 4) is 23.0 Å². The zero-order valence-corrected chi connectivity index (χ0v) is 17.4. The summed E-state index contributed by atoms with van der Waals surface area (Å²) in [5, 5.41) is 8.50. The maximum Gasteiger partial charge on any atom is 0.255 e. The van der Waals surface area contributed by atoms with E-state index in [9.17, 15) is 4.79 Å². The molecular weight excluding hydrogens is 402 g/mol. The summed E-state index contributed by atoms with van der Waals surface area (Å²) in [4.78, 5) is 16.0. The summed E-state index contributed by atoms with van der Waals surface area (Å²) in [6.07, 6.45) is 3.80. The number of rotatable bonds is 4. The Labute approximate surface area is 178 Å². The van der Waals surface area contributed by atoms with Gasteiger partial charge in [0.2, 0.25) is 18.6 Å². The lowest BCUT2D eigenvalue weighted by Crippen LogP contribution is -2.39. The molecule has 30 heavy (non-hydrogen) atoms. The molecule has 1 atom stereocenters. The Balaban J connectivity index is 1.34. The zero-order valence-electron chi connectivity index (χ0n) is 16.5. The summed E-state index contributed by atoms with van der Waals surface area (Å²) >= 11 is 1.59. The molecule has 3 heterocycles. The van der Waals surface area contributed by atoms with Crippen LogP contribution in [-0.4, -0.2) is 47.1 Å². The summed E-state index contributed by atoms with van der Waals surface area (Å²) in [5.41, 5.74) is 1.54. The van der Waals surface area contributed by atoms with Gasteiger partial charge in [-0.05, 0) is 49.4 Å². The Morgan fingerprint density at radius 2 is 2.00 bits per heavy atom. The molecule has 8 heteroatoms. The number of carbonyl (C=O) groups is 1. The highest BCUT2D eigenvalue weighted by Gasteiger charge is 2.30. The summed E-state index contributed by atoms with van der Waals surface area (Å²) in [6, 6.07) is 13.3. The largest absolute Gasteiger partial charge is 0.454 e. The van der Waals surface area contributed by atoms with E-state index in [0.717, 1.165) is 35.4 Å². The predicted molar refractivity (Wildman–Crippen MR) is 112 cm³/mol. The van der Waals surface area contributed by atoms with Crippen LogP contribution in [0.5, 0.6) is 11.5 Å². The van der Waals surface area contributed by atoms with Crippen LogP contribution in [0.1, 0.15) is 35.0 Å². The maximum atomic E-state index is 13.1. The summed E-state index contributed by atoms with van der Waals surface area (Å²) in [5.74, 6) is 2.48. The summed E-state index contributed by atoms with van der Waals surface area (Å²) < 4.78 is 16.8. The first-order chi connectivity index (χ1) is 14.7. The number of hydrogen-bond acceptors (Lipinski definition) is 7. The number of carbonyl (C=O) groups excluding carboxylic acids is 1. The lowest BCUT2D eigenvalue weighted by Gasteiger charge is -2.31. The van der Waals surface area contributed by atoms with Gasteiger partial charge >= 0.3 is 0 Å². The highest BCUT2D eigenvalue weighted by atomic mass is 32.2. The number of likely N-dealkylation sites (tertiary alicyclic amines) is 1. The molecule has 0 aliphatic carbocycles. The highest BCUT2D eigenvalue weighted by Crippen LogP contribution is 2.36. The van der Waals surface area contributed by atoms with Gasteiger partial charge in [0, 0.05) is 23.5 Å². The van der Waals surface area contributed by atoms with Crippen LogP contribution in [0, 0.1) is 0 Å². The molecule has 1 amide bonds. The number of fused-ring (bicyclic) bond motifs is 1. The number of thioether (sulfide) groups is 1. The highest BCUT2D eigenvalue weighted by molar-refractivity contribution is 7.98. The van der Waals surface area contributed by atoms with Crippen LogP contribution in [0.4, 0.5) is 0 Å². The molecule has 7 nitrogen and oxygen atoms in total. The standard InChI is InChI=1S/C22H21N3O4S/c1-30-19-7-3-2-6-16(19)22(26)25-10-4-5-15(12-25)21-24-23-20(29-21)14-8-9-17-18(11-14)28-13-27-17/h2-3,6-9,11,15H,4-5,10,12-13H2,1H3. The molecule has 5 rings (SSSR count). The minimum Gasteiger partial charge on any atom is -0.454 e. The molecule has 1 fully saturated rings. The van der Waals surface area contributed by atoms with Gasteiger partial charge in [0.05, 0.1) is 11.5 Å². The molecule has 0 saturated carbocycles. The van der Waals surface area contributed by atoms with E-state index in [-0.39, 0.29) is 18.6 Å². The number of ether oxygens (including phenoxy) is 2. The van der Waals surface area contributed by atoms with Gasteiger partial charge in [-0.3, -0.25) is 4.79 Å². The fraction of sp³-hybridized carbons (Fsp3) is 0.318. The van der Waals surface area contributed by atoms with E-state index in [4.69, 9.17) is 13.9 Å². The summed E-state index contributed by atoms with van der Waals surface area (Å²) in [6.45, 7) is 1.53. The van der Waals surface area contributed by atoms with Crippen molar-refractivity contribution in [2.75, 3.05) is 26.1 Å². The molecule has 0 N–H and O–H groups in total. The van der Waals surface area contributed by atoms with Gasteiger partial charge in [0.1, 0.15) is 0 Å². The average Bonchev–Trinajstić information content (AvgIpc) is 3.48. The number of hydrogen-bond donors (Lipinski definition) is 0. The van der Waals surface area contributed by atoms with Crippen LogP contribution < -0.4 is 9.47 Å². The van der Waals surface area contributed by atoms with Gasteiger partial charge in [-0.2, -0.15) is 0 Å². The first-order valence-corrected chi connectivity index (χ1v) is 11.1. The van der Waals surface area contributed by atoms with Crippen LogP contribution >= 0.6 is 11.8 Å². The van der Waals surface area contributed by atoms with Crippen LogP contribution in [0.25, 0.3) is 11.5 Å². The molecule has 0 radical (unpaired) electrons. The van der Waals surface area contributed by atoms with Gasteiger partial charge in [0.15, 0.2) is 11.5 Å². The second-order valence-electron chi connectivity index (χ2n) is 7.30. The molecule has 1 aromatic heterocycles. The molecule has 154 valence electrons. The maximum absolute atomic E-state index is 13.1. The molecule has 0 bridgehead atoms. The van der Waals surface area contributed by atoms with Crippen molar-refractivity contribution in [3.63, 3.8) is 0 Å². The molecular formula is C22H21N3O4S. The van der Waals surface area contributed by atoms with Crippen molar-refractivity contribution in [3.05, 3.63) is 53.9 Å². The first kappa shape index (κ1) is 19.0. The van der Waals surface area contributed by atoms with E-state index in [2.05, 4.69) is 10.2 Å². The van der Waals surface area contributed by atoms with Crippen LogP contribution in [0.3, 0.4) is 0 Å². The quantitative estimate of drug-likeness (QED) is 0.582. The van der Waals surface area contributed by atoms with Crippen LogP contribution in [0.15, 0.2) is 51.8 Å². The lowest BCUT2D eigenvalue weighted by atomic mass is 9.97. The monoisotopic (exact) mass is 423 g/mol. The van der Waals surface area contributed by atoms with Crippen molar-refractivity contribution in [1.82, 2.24) is 15.1 Å². The average molecular weight is 423 g/mol. The van der Waals surface area contributed by atoms with Crippen molar-refractivity contribution in [2.24, 2.45) is 0 Å². The third-order valence-electron chi connectivity index (χ3n) is 5.46. The Bertz CT molecular complexity index is 1080. The molecule has 0 spiro atoms. The normalized spacial score (nSPS) is 17.9. The number of piperidine rings is 1. The van der Waals surface area contributed by atoms with Crippen molar-refractivity contribution >= 4 is 17.7 Å². The van der Waals surface area contributed by atoms with Gasteiger partial charge in [0.25, 0.3) is 5.91 Å². The number of nitrogens with zero attached hydrogens (tertiary/aromatic N) is 3. The SMILES string of the molecule is CSc1ccccc1C(=O)N1CCCC(c2nnc(-c3ccc4c(c3)OCO4)o2)C1. The van der Waals surface area contributed by atoms with Crippen LogP contribution in [-0.2, 0) is 0 Å². The number of amides is 1. The second-order valence-corrected chi connectivity index (χ2v) is 8.15. The minimum absolute atomic E-state index is 0.0272. The van der Waals surface area contributed by atoms with Gasteiger partial charge < -0.3 is 18.8 Å². The van der Waals surface area contributed by atoms with E-state index in [1.807, 2.05) is 53.6 Å².